The molecule has 0 saturated heterocycles. The average Bonchev–Trinajstić information content (AvgIpc) is 2.61. The zero-order chi connectivity index (χ0) is 19.4. The van der Waals surface area contributed by atoms with Crippen LogP contribution in [0.5, 0.6) is 17.4 Å². The van der Waals surface area contributed by atoms with Crippen LogP contribution in [0.2, 0.25) is 0 Å². The molecular weight excluding hydrogens is 348 g/mol. The Hall–Kier alpha value is -3.68. The highest BCUT2D eigenvalue weighted by molar-refractivity contribution is 5.69. The summed E-state index contributed by atoms with van der Waals surface area (Å²) in [5, 5.41) is 14.6. The van der Waals surface area contributed by atoms with Crippen molar-refractivity contribution in [3.63, 3.8) is 0 Å². The van der Waals surface area contributed by atoms with Crippen LogP contribution in [-0.4, -0.2) is 22.0 Å². The lowest BCUT2D eigenvalue weighted by molar-refractivity contribution is -0.385. The lowest BCUT2D eigenvalue weighted by Gasteiger charge is -2.10. The van der Waals surface area contributed by atoms with E-state index in [2.05, 4.69) is 15.3 Å². The van der Waals surface area contributed by atoms with E-state index in [9.17, 15) is 10.1 Å². The van der Waals surface area contributed by atoms with Crippen molar-refractivity contribution >= 4 is 17.2 Å². The Morgan fingerprint density at radius 2 is 1.63 bits per heavy atom. The van der Waals surface area contributed by atoms with Gasteiger partial charge in [0.1, 0.15) is 17.8 Å². The van der Waals surface area contributed by atoms with Gasteiger partial charge in [0.05, 0.1) is 12.0 Å². The van der Waals surface area contributed by atoms with E-state index in [1.807, 2.05) is 32.0 Å². The van der Waals surface area contributed by atoms with Crippen LogP contribution in [0.25, 0.3) is 0 Å². The zero-order valence-corrected chi connectivity index (χ0v) is 15.1. The van der Waals surface area contributed by atoms with Gasteiger partial charge in [-0.05, 0) is 61.4 Å². The van der Waals surface area contributed by atoms with Crippen molar-refractivity contribution in [1.82, 2.24) is 9.97 Å². The van der Waals surface area contributed by atoms with Crippen molar-refractivity contribution in [3.8, 4) is 17.4 Å². The van der Waals surface area contributed by atoms with Gasteiger partial charge in [0, 0.05) is 5.69 Å². The summed E-state index contributed by atoms with van der Waals surface area (Å²) in [5.74, 6) is 0.960. The highest BCUT2D eigenvalue weighted by Crippen LogP contribution is 2.36. The molecule has 0 amide bonds. The van der Waals surface area contributed by atoms with E-state index in [0.717, 1.165) is 11.1 Å². The Balaban J connectivity index is 1.95. The van der Waals surface area contributed by atoms with Gasteiger partial charge in [0.15, 0.2) is 0 Å². The minimum atomic E-state index is -0.566. The first-order chi connectivity index (χ1) is 13.0. The third-order valence-corrected chi connectivity index (χ3v) is 3.73. The number of nitrogens with zero attached hydrogens (tertiary/aromatic N) is 3. The Bertz CT molecular complexity index is 954. The van der Waals surface area contributed by atoms with E-state index in [4.69, 9.17) is 9.47 Å². The Labute approximate surface area is 156 Å². The molecule has 0 bridgehead atoms. The van der Waals surface area contributed by atoms with Gasteiger partial charge >= 0.3 is 11.6 Å². The maximum Gasteiger partial charge on any atom is 0.373 e. The van der Waals surface area contributed by atoms with Crippen molar-refractivity contribution < 1.29 is 14.4 Å². The first kappa shape index (κ1) is 18.1. The molecule has 0 radical (unpaired) electrons. The molecular formula is C19H18N4O4. The number of rotatable bonds is 6. The van der Waals surface area contributed by atoms with Crippen LogP contribution in [0.15, 0.2) is 48.8 Å². The summed E-state index contributed by atoms with van der Waals surface area (Å²) in [6.45, 7) is 3.90. The highest BCUT2D eigenvalue weighted by atomic mass is 16.6. The van der Waals surface area contributed by atoms with E-state index in [1.54, 1.807) is 31.4 Å². The van der Waals surface area contributed by atoms with Crippen LogP contribution in [-0.2, 0) is 0 Å². The van der Waals surface area contributed by atoms with Crippen LogP contribution in [0.4, 0.5) is 17.2 Å². The number of benzene rings is 2. The smallest absolute Gasteiger partial charge is 0.373 e. The van der Waals surface area contributed by atoms with E-state index in [-0.39, 0.29) is 17.4 Å². The first-order valence-corrected chi connectivity index (χ1v) is 8.13. The molecule has 1 heterocycles. The second-order valence-electron chi connectivity index (χ2n) is 5.91. The molecule has 1 N–H and O–H groups in total. The Morgan fingerprint density at radius 1 is 1.00 bits per heavy atom. The van der Waals surface area contributed by atoms with Gasteiger partial charge in [0.25, 0.3) is 0 Å². The number of hydrogen-bond acceptors (Lipinski definition) is 7. The fourth-order valence-corrected chi connectivity index (χ4v) is 2.63. The maximum atomic E-state index is 11.6. The normalized spacial score (nSPS) is 10.3. The van der Waals surface area contributed by atoms with Crippen LogP contribution in [0, 0.1) is 24.0 Å². The van der Waals surface area contributed by atoms with Crippen molar-refractivity contribution in [2.45, 2.75) is 13.8 Å². The maximum absolute atomic E-state index is 11.6. The van der Waals surface area contributed by atoms with Gasteiger partial charge in [-0.15, -0.1) is 0 Å². The highest BCUT2D eigenvalue weighted by Gasteiger charge is 2.25. The summed E-state index contributed by atoms with van der Waals surface area (Å²) >= 11 is 0. The van der Waals surface area contributed by atoms with Crippen LogP contribution < -0.4 is 14.8 Å². The summed E-state index contributed by atoms with van der Waals surface area (Å²) in [6, 6.07) is 12.4. The standard InChI is InChI=1S/C19H18N4O4/c1-12-8-13(2)10-14(9-12)22-18-17(23(24)25)19(21-11-20-18)27-16-6-4-15(26-3)5-7-16/h4-11H,1-3H3,(H,20,21,22). The minimum Gasteiger partial charge on any atom is -0.497 e. The Morgan fingerprint density at radius 3 is 2.22 bits per heavy atom. The molecule has 0 atom stereocenters. The monoisotopic (exact) mass is 366 g/mol. The molecule has 8 nitrogen and oxygen atoms in total. The zero-order valence-electron chi connectivity index (χ0n) is 15.1. The van der Waals surface area contributed by atoms with Gasteiger partial charge in [0.2, 0.25) is 5.82 Å². The molecule has 0 aliphatic heterocycles. The van der Waals surface area contributed by atoms with Crippen LogP contribution in [0.3, 0.4) is 0 Å². The van der Waals surface area contributed by atoms with Crippen molar-refractivity contribution in [2.24, 2.45) is 0 Å². The van der Waals surface area contributed by atoms with E-state index in [1.165, 1.54) is 6.33 Å². The molecule has 0 aliphatic rings. The third-order valence-electron chi connectivity index (χ3n) is 3.73. The van der Waals surface area contributed by atoms with Crippen molar-refractivity contribution in [2.75, 3.05) is 12.4 Å². The summed E-state index contributed by atoms with van der Waals surface area (Å²) in [4.78, 5) is 19.0. The quantitative estimate of drug-likeness (QED) is 0.505. The number of ether oxygens (including phenoxy) is 2. The Kier molecular flexibility index (Phi) is 5.16. The molecule has 138 valence electrons. The van der Waals surface area contributed by atoms with Gasteiger partial charge in [-0.2, -0.15) is 4.98 Å². The van der Waals surface area contributed by atoms with Gasteiger partial charge < -0.3 is 14.8 Å². The topological polar surface area (TPSA) is 99.4 Å². The van der Waals surface area contributed by atoms with E-state index in [0.29, 0.717) is 17.2 Å². The molecule has 27 heavy (non-hydrogen) atoms. The average molecular weight is 366 g/mol. The van der Waals surface area contributed by atoms with Gasteiger partial charge in [-0.25, -0.2) is 4.98 Å². The lowest BCUT2D eigenvalue weighted by atomic mass is 10.1. The molecule has 3 aromatic rings. The molecule has 3 rings (SSSR count). The van der Waals surface area contributed by atoms with E-state index < -0.39 is 4.92 Å². The minimum absolute atomic E-state index is 0.0588. The fraction of sp³-hybridized carbons (Fsp3) is 0.158. The molecule has 0 aliphatic carbocycles. The summed E-state index contributed by atoms with van der Waals surface area (Å²) in [5.41, 5.74) is 2.42. The van der Waals surface area contributed by atoms with Gasteiger partial charge in [-0.1, -0.05) is 6.07 Å². The first-order valence-electron chi connectivity index (χ1n) is 8.13. The predicted octanol–water partition coefficient (Wildman–Crippen LogP) is 4.55. The molecule has 0 unspecified atom stereocenters. The molecule has 8 heteroatoms. The molecule has 2 aromatic carbocycles. The molecule has 0 saturated carbocycles. The molecule has 0 fully saturated rings. The summed E-state index contributed by atoms with van der Waals surface area (Å²) in [6.07, 6.45) is 1.22. The van der Waals surface area contributed by atoms with Crippen LogP contribution in [0.1, 0.15) is 11.1 Å². The van der Waals surface area contributed by atoms with Crippen molar-refractivity contribution in [1.29, 1.82) is 0 Å². The lowest BCUT2D eigenvalue weighted by Crippen LogP contribution is -2.04. The third kappa shape index (κ3) is 4.30. The number of nitro groups is 1. The number of anilines is 2. The number of aromatic nitrogens is 2. The number of methoxy groups -OCH3 is 1. The molecule has 1 aromatic heterocycles. The number of aryl methyl sites for hydroxylation is 2. The summed E-state index contributed by atoms with van der Waals surface area (Å²) in [7, 11) is 1.55. The SMILES string of the molecule is COc1ccc(Oc2ncnc(Nc3cc(C)cc(C)c3)c2[N+](=O)[O-])cc1. The largest absolute Gasteiger partial charge is 0.497 e. The number of nitrogens with one attached hydrogen (secondary N) is 1. The van der Waals surface area contributed by atoms with E-state index >= 15 is 0 Å². The van der Waals surface area contributed by atoms with Crippen LogP contribution >= 0.6 is 0 Å². The summed E-state index contributed by atoms with van der Waals surface area (Å²) < 4.78 is 10.7. The predicted molar refractivity (Wildman–Crippen MR) is 101 cm³/mol. The van der Waals surface area contributed by atoms with Gasteiger partial charge in [-0.3, -0.25) is 10.1 Å². The number of hydrogen-bond donors (Lipinski definition) is 1. The second kappa shape index (κ2) is 7.69. The van der Waals surface area contributed by atoms with Crippen molar-refractivity contribution in [3.05, 3.63) is 70.0 Å². The molecule has 0 spiro atoms. The fourth-order valence-electron chi connectivity index (χ4n) is 2.63. The second-order valence-corrected chi connectivity index (χ2v) is 5.91.